The van der Waals surface area contributed by atoms with Crippen molar-refractivity contribution >= 4 is 17.9 Å². The number of carbonyl (C=O) groups excluding carboxylic acids is 3. The standard InChI is InChI=1S/C10H14O6/c1-7(2)10(14)16-9(13)4-3-8(12)15-6-5-11/h11H,1,3-6H2,2H3. The highest BCUT2D eigenvalue weighted by Crippen LogP contribution is 1.99. The molecule has 0 amide bonds. The second kappa shape index (κ2) is 7.58. The lowest BCUT2D eigenvalue weighted by Crippen LogP contribution is -2.15. The summed E-state index contributed by atoms with van der Waals surface area (Å²) in [6.45, 7) is 4.32. The first-order chi connectivity index (χ1) is 7.47. The third-order valence-corrected chi connectivity index (χ3v) is 1.44. The summed E-state index contributed by atoms with van der Waals surface area (Å²) in [6.07, 6.45) is -0.439. The molecule has 0 aromatic rings. The molecule has 0 aliphatic heterocycles. The van der Waals surface area contributed by atoms with Crippen molar-refractivity contribution in [2.24, 2.45) is 0 Å². The molecule has 0 spiro atoms. The zero-order chi connectivity index (χ0) is 12.6. The molecule has 0 aliphatic carbocycles. The predicted octanol–water partition coefficient (Wildman–Crippen LogP) is -0.0520. The normalized spacial score (nSPS) is 9.38. The SMILES string of the molecule is C=C(C)C(=O)OC(=O)CCC(=O)OCCO. The van der Waals surface area contributed by atoms with Gasteiger partial charge in [0, 0.05) is 5.57 Å². The largest absolute Gasteiger partial charge is 0.463 e. The number of hydrogen-bond acceptors (Lipinski definition) is 6. The van der Waals surface area contributed by atoms with E-state index in [9.17, 15) is 14.4 Å². The van der Waals surface area contributed by atoms with E-state index in [1.807, 2.05) is 0 Å². The lowest BCUT2D eigenvalue weighted by molar-refractivity contribution is -0.159. The van der Waals surface area contributed by atoms with Crippen LogP contribution in [0.15, 0.2) is 12.2 Å². The molecule has 0 unspecified atom stereocenters. The van der Waals surface area contributed by atoms with Crippen LogP contribution in [0.3, 0.4) is 0 Å². The van der Waals surface area contributed by atoms with Gasteiger partial charge in [-0.25, -0.2) is 4.79 Å². The van der Waals surface area contributed by atoms with Crippen molar-refractivity contribution < 1.29 is 29.0 Å². The molecular weight excluding hydrogens is 216 g/mol. The number of esters is 3. The molecular formula is C10H14O6. The summed E-state index contributed by atoms with van der Waals surface area (Å²) in [5, 5.41) is 8.35. The number of hydrogen-bond donors (Lipinski definition) is 1. The van der Waals surface area contributed by atoms with E-state index in [1.165, 1.54) is 6.92 Å². The van der Waals surface area contributed by atoms with Crippen LogP contribution in [0.25, 0.3) is 0 Å². The molecule has 0 aromatic heterocycles. The van der Waals surface area contributed by atoms with Crippen molar-refractivity contribution in [1.29, 1.82) is 0 Å². The van der Waals surface area contributed by atoms with E-state index < -0.39 is 17.9 Å². The number of ether oxygens (including phenoxy) is 2. The first kappa shape index (κ1) is 14.3. The minimum atomic E-state index is -0.811. The lowest BCUT2D eigenvalue weighted by atomic mass is 10.3. The van der Waals surface area contributed by atoms with Crippen LogP contribution in [0, 0.1) is 0 Å². The summed E-state index contributed by atoms with van der Waals surface area (Å²) in [7, 11) is 0. The van der Waals surface area contributed by atoms with E-state index in [-0.39, 0.29) is 31.6 Å². The van der Waals surface area contributed by atoms with E-state index in [0.29, 0.717) is 0 Å². The van der Waals surface area contributed by atoms with Crippen molar-refractivity contribution in [3.8, 4) is 0 Å². The number of aliphatic hydroxyl groups is 1. The molecule has 0 heterocycles. The Morgan fingerprint density at radius 3 is 2.25 bits per heavy atom. The van der Waals surface area contributed by atoms with Gasteiger partial charge in [-0.3, -0.25) is 9.59 Å². The van der Waals surface area contributed by atoms with Gasteiger partial charge in [0.25, 0.3) is 0 Å². The summed E-state index contributed by atoms with van der Waals surface area (Å²) in [5.41, 5.74) is 0.108. The average Bonchev–Trinajstić information content (AvgIpc) is 2.23. The van der Waals surface area contributed by atoms with Gasteiger partial charge in [0.15, 0.2) is 0 Å². The lowest BCUT2D eigenvalue weighted by Gasteiger charge is -2.03. The Hall–Kier alpha value is -1.69. The fraction of sp³-hybridized carbons (Fsp3) is 0.500. The Labute approximate surface area is 92.8 Å². The fourth-order valence-corrected chi connectivity index (χ4v) is 0.677. The van der Waals surface area contributed by atoms with E-state index in [0.717, 1.165) is 0 Å². The van der Waals surface area contributed by atoms with Crippen LogP contribution in [0.5, 0.6) is 0 Å². The third-order valence-electron chi connectivity index (χ3n) is 1.44. The van der Waals surface area contributed by atoms with Gasteiger partial charge in [-0.1, -0.05) is 6.58 Å². The van der Waals surface area contributed by atoms with Gasteiger partial charge in [-0.2, -0.15) is 0 Å². The molecule has 6 heteroatoms. The first-order valence-electron chi connectivity index (χ1n) is 4.64. The second-order valence-electron chi connectivity index (χ2n) is 2.99. The predicted molar refractivity (Wildman–Crippen MR) is 53.2 cm³/mol. The van der Waals surface area contributed by atoms with Gasteiger partial charge < -0.3 is 14.6 Å². The zero-order valence-corrected chi connectivity index (χ0v) is 9.02. The molecule has 0 aliphatic rings. The summed E-state index contributed by atoms with van der Waals surface area (Å²) >= 11 is 0. The smallest absolute Gasteiger partial charge is 0.340 e. The van der Waals surface area contributed by atoms with Gasteiger partial charge in [-0.05, 0) is 6.92 Å². The number of rotatable bonds is 6. The maximum atomic E-state index is 11.0. The van der Waals surface area contributed by atoms with Gasteiger partial charge in [0.05, 0.1) is 19.4 Å². The molecule has 0 saturated carbocycles. The van der Waals surface area contributed by atoms with E-state index in [1.54, 1.807) is 0 Å². The zero-order valence-electron chi connectivity index (χ0n) is 9.02. The minimum Gasteiger partial charge on any atom is -0.463 e. The molecule has 0 aromatic carbocycles. The highest BCUT2D eigenvalue weighted by molar-refractivity contribution is 5.95. The Morgan fingerprint density at radius 2 is 1.75 bits per heavy atom. The topological polar surface area (TPSA) is 89.9 Å². The Bertz CT molecular complexity index is 294. The van der Waals surface area contributed by atoms with Gasteiger partial charge in [0.1, 0.15) is 6.61 Å². The summed E-state index contributed by atoms with van der Waals surface area (Å²) in [6, 6.07) is 0. The van der Waals surface area contributed by atoms with Crippen molar-refractivity contribution in [2.45, 2.75) is 19.8 Å². The molecule has 0 atom stereocenters. The van der Waals surface area contributed by atoms with Crippen LogP contribution in [0.4, 0.5) is 0 Å². The van der Waals surface area contributed by atoms with Crippen LogP contribution in [0.2, 0.25) is 0 Å². The van der Waals surface area contributed by atoms with Gasteiger partial charge in [0.2, 0.25) is 0 Å². The first-order valence-corrected chi connectivity index (χ1v) is 4.64. The molecule has 0 rings (SSSR count). The van der Waals surface area contributed by atoms with E-state index >= 15 is 0 Å². The number of carbonyl (C=O) groups is 3. The van der Waals surface area contributed by atoms with Crippen molar-refractivity contribution in [1.82, 2.24) is 0 Å². The molecule has 0 saturated heterocycles. The quantitative estimate of drug-likeness (QED) is 0.391. The summed E-state index contributed by atoms with van der Waals surface area (Å²) in [4.78, 5) is 32.8. The monoisotopic (exact) mass is 230 g/mol. The molecule has 90 valence electrons. The maximum absolute atomic E-state index is 11.0. The van der Waals surface area contributed by atoms with Crippen LogP contribution in [-0.4, -0.2) is 36.2 Å². The highest BCUT2D eigenvalue weighted by Gasteiger charge is 2.13. The molecule has 0 radical (unpaired) electrons. The van der Waals surface area contributed by atoms with Crippen molar-refractivity contribution in [2.75, 3.05) is 13.2 Å². The van der Waals surface area contributed by atoms with Crippen LogP contribution in [-0.2, 0) is 23.9 Å². The molecule has 0 bridgehead atoms. The average molecular weight is 230 g/mol. The Morgan fingerprint density at radius 1 is 1.19 bits per heavy atom. The summed E-state index contributed by atoms with van der Waals surface area (Å²) in [5.74, 6) is -2.25. The highest BCUT2D eigenvalue weighted by atomic mass is 16.6. The fourth-order valence-electron chi connectivity index (χ4n) is 0.677. The maximum Gasteiger partial charge on any atom is 0.340 e. The molecule has 6 nitrogen and oxygen atoms in total. The number of aliphatic hydroxyl groups excluding tert-OH is 1. The van der Waals surface area contributed by atoms with E-state index in [2.05, 4.69) is 16.1 Å². The Kier molecular flexibility index (Phi) is 6.78. The van der Waals surface area contributed by atoms with Crippen LogP contribution >= 0.6 is 0 Å². The van der Waals surface area contributed by atoms with Crippen LogP contribution < -0.4 is 0 Å². The molecule has 0 fully saturated rings. The summed E-state index contributed by atoms with van der Waals surface area (Å²) < 4.78 is 8.83. The molecule has 16 heavy (non-hydrogen) atoms. The minimum absolute atomic E-state index is 0.108. The van der Waals surface area contributed by atoms with E-state index in [4.69, 9.17) is 5.11 Å². The van der Waals surface area contributed by atoms with Gasteiger partial charge in [-0.15, -0.1) is 0 Å². The van der Waals surface area contributed by atoms with Crippen LogP contribution in [0.1, 0.15) is 19.8 Å². The third kappa shape index (κ3) is 6.72. The van der Waals surface area contributed by atoms with Crippen molar-refractivity contribution in [3.63, 3.8) is 0 Å². The van der Waals surface area contributed by atoms with Gasteiger partial charge >= 0.3 is 17.9 Å². The molecule has 1 N–H and O–H groups in total. The van der Waals surface area contributed by atoms with Crippen molar-refractivity contribution in [3.05, 3.63) is 12.2 Å². The Balaban J connectivity index is 3.77. The second-order valence-corrected chi connectivity index (χ2v) is 2.99.